The maximum absolute atomic E-state index is 8.49. The third kappa shape index (κ3) is 6.06. The van der Waals surface area contributed by atoms with E-state index in [0.717, 1.165) is 5.56 Å². The van der Waals surface area contributed by atoms with E-state index in [2.05, 4.69) is 115 Å². The molecular formula is C26H23ClNO4P. The van der Waals surface area contributed by atoms with Crippen molar-refractivity contribution in [2.75, 3.05) is 0 Å². The summed E-state index contributed by atoms with van der Waals surface area (Å²) in [5, 5.41) is 5.07. The third-order valence-electron chi connectivity index (χ3n) is 5.02. The predicted molar refractivity (Wildman–Crippen MR) is 124 cm³/mol. The van der Waals surface area contributed by atoms with Crippen molar-refractivity contribution in [3.05, 3.63) is 133 Å². The Morgan fingerprint density at radius 3 is 1.09 bits per heavy atom. The molecule has 4 aromatic carbocycles. The molecule has 168 valence electrons. The molecule has 2 N–H and O–H groups in total. The van der Waals surface area contributed by atoms with Crippen LogP contribution in [0.1, 0.15) is 5.56 Å². The van der Waals surface area contributed by atoms with Crippen LogP contribution in [0.15, 0.2) is 128 Å². The Morgan fingerprint density at radius 1 is 0.545 bits per heavy atom. The molecule has 0 aliphatic heterocycles. The average Bonchev–Trinajstić information content (AvgIpc) is 2.84. The van der Waals surface area contributed by atoms with Crippen molar-refractivity contribution in [1.29, 1.82) is 0 Å². The smallest absolute Gasteiger partial charge is 0.146 e. The Kier molecular flexibility index (Phi) is 8.37. The van der Waals surface area contributed by atoms with Crippen LogP contribution in [0.25, 0.3) is 5.31 Å². The molecular weight excluding hydrogens is 457 g/mol. The Bertz CT molecular complexity index is 1050. The molecule has 0 saturated heterocycles. The molecule has 0 aliphatic carbocycles. The quantitative estimate of drug-likeness (QED) is 0.410. The van der Waals surface area contributed by atoms with Crippen LogP contribution in [0.5, 0.6) is 0 Å². The zero-order chi connectivity index (χ0) is 23.7. The largest absolute Gasteiger partial charge is 0.401 e. The molecule has 5 nitrogen and oxygen atoms in total. The standard InChI is InChI=1S/C26H23NP.ClHO4/c27-21-26(22-13-5-1-6-14-22)28(23-15-7-2-8-16-23,24-17-9-3-10-18-24)25-19-11-4-12-20-25;2-1(3,4)5/h1-21H,27H2;(H,2,3,4,5)/q+1;/p-1/b26-21+;. The van der Waals surface area contributed by atoms with E-state index in [1.54, 1.807) is 0 Å². The maximum Gasteiger partial charge on any atom is 0.146 e. The lowest BCUT2D eigenvalue weighted by molar-refractivity contribution is -2.00. The lowest BCUT2D eigenvalue weighted by Gasteiger charge is -2.29. The van der Waals surface area contributed by atoms with Crippen LogP contribution in [0.4, 0.5) is 0 Å². The first-order valence-electron chi connectivity index (χ1n) is 10.0. The van der Waals surface area contributed by atoms with E-state index in [9.17, 15) is 0 Å². The summed E-state index contributed by atoms with van der Waals surface area (Å²) in [5.74, 6) is 0. The number of hydrogen-bond acceptors (Lipinski definition) is 5. The summed E-state index contributed by atoms with van der Waals surface area (Å²) in [7, 11) is -7.09. The highest BCUT2D eigenvalue weighted by Crippen LogP contribution is 2.65. The molecule has 0 unspecified atom stereocenters. The fourth-order valence-electron chi connectivity index (χ4n) is 3.83. The van der Waals surface area contributed by atoms with E-state index < -0.39 is 17.5 Å². The summed E-state index contributed by atoms with van der Waals surface area (Å²) < 4.78 is 34.0. The molecule has 0 aromatic heterocycles. The van der Waals surface area contributed by atoms with Crippen molar-refractivity contribution in [2.24, 2.45) is 5.73 Å². The first kappa shape index (κ1) is 24.6. The molecule has 0 amide bonds. The Morgan fingerprint density at radius 2 is 0.818 bits per heavy atom. The van der Waals surface area contributed by atoms with E-state index in [1.807, 2.05) is 12.3 Å². The van der Waals surface area contributed by atoms with Gasteiger partial charge in [0, 0.05) is 11.8 Å². The second-order valence-electron chi connectivity index (χ2n) is 6.97. The molecule has 0 heterocycles. The van der Waals surface area contributed by atoms with E-state index in [0.29, 0.717) is 0 Å². The van der Waals surface area contributed by atoms with Crippen molar-refractivity contribution >= 4 is 28.5 Å². The molecule has 0 saturated carbocycles. The monoisotopic (exact) mass is 479 g/mol. The molecule has 0 bridgehead atoms. The molecule has 0 spiro atoms. The van der Waals surface area contributed by atoms with Gasteiger partial charge in [0.25, 0.3) is 0 Å². The maximum atomic E-state index is 8.49. The van der Waals surface area contributed by atoms with Gasteiger partial charge in [-0.25, -0.2) is 18.6 Å². The molecule has 0 aliphatic rings. The van der Waals surface area contributed by atoms with Crippen LogP contribution >= 0.6 is 7.26 Å². The minimum atomic E-state index is -4.94. The molecule has 4 rings (SSSR count). The highest BCUT2D eigenvalue weighted by Gasteiger charge is 2.49. The summed E-state index contributed by atoms with van der Waals surface area (Å²) in [6.45, 7) is 0. The fourth-order valence-corrected chi connectivity index (χ4v) is 8.18. The van der Waals surface area contributed by atoms with Crippen molar-refractivity contribution < 1.29 is 28.9 Å². The highest BCUT2D eigenvalue weighted by molar-refractivity contribution is 8.03. The fraction of sp³-hybridized carbons (Fsp3) is 0. The molecule has 33 heavy (non-hydrogen) atoms. The minimum Gasteiger partial charge on any atom is -0.401 e. The van der Waals surface area contributed by atoms with Gasteiger partial charge in [0.2, 0.25) is 0 Å². The van der Waals surface area contributed by atoms with Crippen LogP contribution in [0, 0.1) is 10.2 Å². The molecule has 0 fully saturated rings. The predicted octanol–water partition coefficient (Wildman–Crippen LogP) is 0.182. The van der Waals surface area contributed by atoms with Gasteiger partial charge in [-0.3, -0.25) is 0 Å². The molecule has 7 heteroatoms. The molecule has 0 radical (unpaired) electrons. The lowest BCUT2D eigenvalue weighted by atomic mass is 10.2. The number of benzene rings is 4. The van der Waals surface area contributed by atoms with Gasteiger partial charge in [-0.1, -0.05) is 84.9 Å². The van der Waals surface area contributed by atoms with Crippen LogP contribution < -0.4 is 40.3 Å². The van der Waals surface area contributed by atoms with Gasteiger partial charge < -0.3 is 5.73 Å². The van der Waals surface area contributed by atoms with E-state index in [-0.39, 0.29) is 0 Å². The second-order valence-corrected chi connectivity index (χ2v) is 11.1. The normalized spacial score (nSPS) is 11.9. The van der Waals surface area contributed by atoms with Crippen LogP contribution in [0.3, 0.4) is 0 Å². The van der Waals surface area contributed by atoms with Crippen molar-refractivity contribution in [3.8, 4) is 0 Å². The Balaban J connectivity index is 0.000000555. The van der Waals surface area contributed by atoms with Crippen molar-refractivity contribution in [2.45, 2.75) is 0 Å². The van der Waals surface area contributed by atoms with Crippen LogP contribution in [-0.2, 0) is 0 Å². The van der Waals surface area contributed by atoms with Gasteiger partial charge in [0.1, 0.15) is 28.5 Å². The summed E-state index contributed by atoms with van der Waals surface area (Å²) in [6.07, 6.45) is 1.82. The SMILES string of the molecule is N/C=C(\c1ccccc1)[P+](c1ccccc1)(c1ccccc1)c1ccccc1.[O-][Cl+3]([O-])([O-])[O-]. The van der Waals surface area contributed by atoms with E-state index in [1.165, 1.54) is 21.2 Å². The van der Waals surface area contributed by atoms with Crippen molar-refractivity contribution in [1.82, 2.24) is 0 Å². The Labute approximate surface area is 196 Å². The first-order valence-corrected chi connectivity index (χ1v) is 13.0. The third-order valence-corrected chi connectivity index (χ3v) is 9.37. The van der Waals surface area contributed by atoms with Gasteiger partial charge in [-0.15, -0.1) is 10.2 Å². The molecule has 0 atom stereocenters. The van der Waals surface area contributed by atoms with Crippen molar-refractivity contribution in [3.63, 3.8) is 0 Å². The van der Waals surface area contributed by atoms with E-state index >= 15 is 0 Å². The minimum absolute atomic E-state index is 1.16. The molecule has 4 aromatic rings. The lowest BCUT2D eigenvalue weighted by Crippen LogP contribution is -2.68. The topological polar surface area (TPSA) is 118 Å². The number of hydrogen-bond donors (Lipinski definition) is 1. The first-order chi connectivity index (χ1) is 15.9. The zero-order valence-electron chi connectivity index (χ0n) is 17.7. The van der Waals surface area contributed by atoms with Gasteiger partial charge in [-0.2, -0.15) is 0 Å². The second kappa shape index (κ2) is 11.2. The summed E-state index contributed by atoms with van der Waals surface area (Å²) in [5.41, 5.74) is 7.53. The number of rotatable bonds is 5. The number of nitrogens with two attached hydrogens (primary N) is 1. The average molecular weight is 480 g/mol. The van der Waals surface area contributed by atoms with Crippen LogP contribution in [0.2, 0.25) is 0 Å². The summed E-state index contributed by atoms with van der Waals surface area (Å²) in [4.78, 5) is 0. The summed E-state index contributed by atoms with van der Waals surface area (Å²) >= 11 is 0. The van der Waals surface area contributed by atoms with Gasteiger partial charge in [0.15, 0.2) is 0 Å². The number of halogens is 1. The van der Waals surface area contributed by atoms with E-state index in [4.69, 9.17) is 24.4 Å². The zero-order valence-corrected chi connectivity index (χ0v) is 19.3. The highest BCUT2D eigenvalue weighted by atomic mass is 35.7. The Hall–Kier alpha value is -3.02. The van der Waals surface area contributed by atoms with Gasteiger partial charge in [0.05, 0.1) is 0 Å². The van der Waals surface area contributed by atoms with Gasteiger partial charge in [-0.05, 0) is 36.4 Å². The van der Waals surface area contributed by atoms with Gasteiger partial charge >= 0.3 is 0 Å². The van der Waals surface area contributed by atoms with Crippen LogP contribution in [-0.4, -0.2) is 0 Å². The summed E-state index contributed by atoms with van der Waals surface area (Å²) in [6, 6.07) is 42.9.